The van der Waals surface area contributed by atoms with Gasteiger partial charge in [-0.1, -0.05) is 0 Å². The van der Waals surface area contributed by atoms with Crippen LogP contribution in [0.4, 0.5) is 0 Å². The number of methoxy groups -OCH3 is 2. The van der Waals surface area contributed by atoms with Crippen LogP contribution in [-0.4, -0.2) is 35.5 Å². The third kappa shape index (κ3) is 1.77. The minimum absolute atomic E-state index is 0.0647. The average Bonchev–Trinajstić information content (AvgIpc) is 2.16. The van der Waals surface area contributed by atoms with Crippen molar-refractivity contribution in [2.45, 2.75) is 0 Å². The minimum Gasteiger partial charge on any atom is -0.479 e. The topological polar surface area (TPSA) is 81.5 Å². The quantitative estimate of drug-likeness (QED) is 0.874. The van der Waals surface area contributed by atoms with Crippen LogP contribution in [0.5, 0.6) is 11.8 Å². The van der Waals surface area contributed by atoms with Gasteiger partial charge >= 0.3 is 5.97 Å². The van der Waals surface area contributed by atoms with E-state index in [1.165, 1.54) is 14.2 Å². The first kappa shape index (κ1) is 10.7. The van der Waals surface area contributed by atoms with Crippen LogP contribution < -0.4 is 9.47 Å². The zero-order chi connectivity index (χ0) is 10.7. The van der Waals surface area contributed by atoms with Crippen molar-refractivity contribution < 1.29 is 19.4 Å². The van der Waals surface area contributed by atoms with Gasteiger partial charge in [-0.25, -0.2) is 4.79 Å². The van der Waals surface area contributed by atoms with Gasteiger partial charge in [0, 0.05) is 0 Å². The monoisotopic (exact) mass is 262 g/mol. The zero-order valence-electron chi connectivity index (χ0n) is 7.44. The molecule has 0 aromatic carbocycles. The number of aromatic nitrogens is 2. The van der Waals surface area contributed by atoms with Crippen molar-refractivity contribution in [3.8, 4) is 11.8 Å². The summed E-state index contributed by atoms with van der Waals surface area (Å²) in [6.45, 7) is 0. The Labute approximate surface area is 88.0 Å². The number of halogens is 1. The Morgan fingerprint density at radius 1 is 1.29 bits per heavy atom. The molecule has 1 aromatic rings. The molecule has 0 fully saturated rings. The maximum absolute atomic E-state index is 10.8. The number of nitrogens with zero attached hydrogens (tertiary/aromatic N) is 2. The van der Waals surface area contributed by atoms with Gasteiger partial charge in [0.1, 0.15) is 10.0 Å². The molecule has 0 amide bonds. The summed E-state index contributed by atoms with van der Waals surface area (Å²) in [4.78, 5) is 10.8. The Kier molecular flexibility index (Phi) is 3.23. The second-order valence-electron chi connectivity index (χ2n) is 2.21. The van der Waals surface area contributed by atoms with Gasteiger partial charge in [-0.15, -0.1) is 10.2 Å². The maximum Gasteiger partial charge on any atom is 0.342 e. The summed E-state index contributed by atoms with van der Waals surface area (Å²) in [5, 5.41) is 16.0. The predicted octanol–water partition coefficient (Wildman–Crippen LogP) is 0.954. The largest absolute Gasteiger partial charge is 0.479 e. The van der Waals surface area contributed by atoms with Gasteiger partial charge in [0.2, 0.25) is 11.8 Å². The summed E-state index contributed by atoms with van der Waals surface area (Å²) in [5.74, 6) is -1.13. The fourth-order valence-electron chi connectivity index (χ4n) is 0.844. The van der Waals surface area contributed by atoms with Crippen LogP contribution >= 0.6 is 15.9 Å². The van der Waals surface area contributed by atoms with Crippen LogP contribution in [0, 0.1) is 0 Å². The van der Waals surface area contributed by atoms with Crippen LogP contribution in [0.2, 0.25) is 0 Å². The molecule has 1 heterocycles. The van der Waals surface area contributed by atoms with Crippen LogP contribution in [0.1, 0.15) is 10.4 Å². The molecule has 6 nitrogen and oxygen atoms in total. The molecular formula is C7H7BrN2O4. The molecule has 0 saturated heterocycles. The Morgan fingerprint density at radius 3 is 2.21 bits per heavy atom. The van der Waals surface area contributed by atoms with Gasteiger partial charge in [0.25, 0.3) is 0 Å². The van der Waals surface area contributed by atoms with Crippen molar-refractivity contribution in [1.82, 2.24) is 10.2 Å². The van der Waals surface area contributed by atoms with E-state index in [4.69, 9.17) is 14.6 Å². The van der Waals surface area contributed by atoms with Gasteiger partial charge in [-0.3, -0.25) is 0 Å². The van der Waals surface area contributed by atoms with E-state index in [0.29, 0.717) is 0 Å². The molecule has 76 valence electrons. The highest BCUT2D eigenvalue weighted by atomic mass is 79.9. The summed E-state index contributed by atoms with van der Waals surface area (Å²) >= 11 is 3.05. The van der Waals surface area contributed by atoms with E-state index in [2.05, 4.69) is 26.1 Å². The molecule has 0 saturated carbocycles. The Morgan fingerprint density at radius 2 is 1.79 bits per heavy atom. The third-order valence-corrected chi connectivity index (χ3v) is 2.19. The summed E-state index contributed by atoms with van der Waals surface area (Å²) in [6.07, 6.45) is 0. The van der Waals surface area contributed by atoms with Crippen molar-refractivity contribution in [3.63, 3.8) is 0 Å². The highest BCUT2D eigenvalue weighted by Crippen LogP contribution is 2.30. The van der Waals surface area contributed by atoms with Crippen LogP contribution in [0.3, 0.4) is 0 Å². The number of hydrogen-bond donors (Lipinski definition) is 1. The lowest BCUT2D eigenvalue weighted by Crippen LogP contribution is -2.06. The summed E-state index contributed by atoms with van der Waals surface area (Å²) in [5.41, 5.74) is -0.112. The molecular weight excluding hydrogens is 256 g/mol. The van der Waals surface area contributed by atoms with Crippen molar-refractivity contribution in [2.75, 3.05) is 14.2 Å². The fourth-order valence-corrected chi connectivity index (χ4v) is 1.42. The van der Waals surface area contributed by atoms with Gasteiger partial charge in [-0.05, 0) is 15.9 Å². The molecule has 0 aliphatic heterocycles. The van der Waals surface area contributed by atoms with Crippen molar-refractivity contribution >= 4 is 21.9 Å². The van der Waals surface area contributed by atoms with E-state index >= 15 is 0 Å². The summed E-state index contributed by atoms with van der Waals surface area (Å²) in [6, 6.07) is 0. The Bertz CT molecular complexity index is 369. The van der Waals surface area contributed by atoms with Crippen LogP contribution in [0.25, 0.3) is 0 Å². The van der Waals surface area contributed by atoms with Gasteiger partial charge in [-0.2, -0.15) is 0 Å². The zero-order valence-corrected chi connectivity index (χ0v) is 9.03. The molecule has 14 heavy (non-hydrogen) atoms. The lowest BCUT2D eigenvalue weighted by atomic mass is 10.3. The van der Waals surface area contributed by atoms with E-state index in [9.17, 15) is 4.79 Å². The number of rotatable bonds is 3. The second-order valence-corrected chi connectivity index (χ2v) is 3.01. The van der Waals surface area contributed by atoms with E-state index < -0.39 is 5.97 Å². The van der Waals surface area contributed by atoms with Gasteiger partial charge in [0.05, 0.1) is 14.2 Å². The van der Waals surface area contributed by atoms with E-state index in [1.54, 1.807) is 0 Å². The Hall–Kier alpha value is -1.37. The van der Waals surface area contributed by atoms with Crippen molar-refractivity contribution in [3.05, 3.63) is 10.0 Å². The van der Waals surface area contributed by atoms with Gasteiger partial charge in [0.15, 0.2) is 0 Å². The normalized spacial score (nSPS) is 9.64. The minimum atomic E-state index is -1.16. The highest BCUT2D eigenvalue weighted by Gasteiger charge is 2.21. The average molecular weight is 263 g/mol. The molecule has 0 spiro atoms. The van der Waals surface area contributed by atoms with Crippen LogP contribution in [-0.2, 0) is 0 Å². The molecule has 0 unspecified atom stereocenters. The number of carboxylic acids is 1. The maximum atomic E-state index is 10.8. The second kappa shape index (κ2) is 4.23. The molecule has 1 rings (SSSR count). The molecule has 7 heteroatoms. The molecule has 0 bridgehead atoms. The highest BCUT2D eigenvalue weighted by molar-refractivity contribution is 9.10. The smallest absolute Gasteiger partial charge is 0.342 e. The number of aromatic carboxylic acids is 1. The molecule has 1 aromatic heterocycles. The van der Waals surface area contributed by atoms with E-state index in [0.717, 1.165) is 0 Å². The predicted molar refractivity (Wildman–Crippen MR) is 49.8 cm³/mol. The first-order chi connectivity index (χ1) is 6.61. The number of hydrogen-bond acceptors (Lipinski definition) is 5. The fraction of sp³-hybridized carbons (Fsp3) is 0.286. The standard InChI is InChI=1S/C7H7BrN2O4/c1-13-5-3(7(11)12)4(8)6(14-2)10-9-5/h1-2H3,(H,11,12). The molecule has 1 N–H and O–H groups in total. The number of carbonyl (C=O) groups is 1. The molecule has 0 aliphatic rings. The SMILES string of the molecule is COc1nnc(OC)c(C(=O)O)c1Br. The van der Waals surface area contributed by atoms with Crippen molar-refractivity contribution in [1.29, 1.82) is 0 Å². The lowest BCUT2D eigenvalue weighted by Gasteiger charge is -2.07. The summed E-state index contributed by atoms with van der Waals surface area (Å²) in [7, 11) is 2.68. The van der Waals surface area contributed by atoms with E-state index in [-0.39, 0.29) is 21.8 Å². The molecule has 0 aliphatic carbocycles. The summed E-state index contributed by atoms with van der Waals surface area (Å²) < 4.78 is 9.75. The number of carboxylic acid groups (broad SMARTS) is 1. The number of ether oxygens (including phenoxy) is 2. The third-order valence-electron chi connectivity index (χ3n) is 1.45. The Balaban J connectivity index is 3.39. The van der Waals surface area contributed by atoms with Gasteiger partial charge < -0.3 is 14.6 Å². The van der Waals surface area contributed by atoms with Crippen LogP contribution in [0.15, 0.2) is 4.47 Å². The lowest BCUT2D eigenvalue weighted by molar-refractivity contribution is 0.0690. The first-order valence-electron chi connectivity index (χ1n) is 3.49. The van der Waals surface area contributed by atoms with Crippen molar-refractivity contribution in [2.24, 2.45) is 0 Å². The van der Waals surface area contributed by atoms with E-state index in [1.807, 2.05) is 0 Å². The first-order valence-corrected chi connectivity index (χ1v) is 4.28. The molecule has 0 atom stereocenters. The molecule has 0 radical (unpaired) electrons.